The van der Waals surface area contributed by atoms with Gasteiger partial charge in [0.25, 0.3) is 0 Å². The normalized spacial score (nSPS) is 10.2. The molecule has 0 spiro atoms. The summed E-state index contributed by atoms with van der Waals surface area (Å²) in [6.07, 6.45) is 3.29. The number of hydrogen-bond donors (Lipinski definition) is 2. The summed E-state index contributed by atoms with van der Waals surface area (Å²) in [5, 5.41) is 5.46. The second-order valence-electron chi connectivity index (χ2n) is 4.09. The van der Waals surface area contributed by atoms with Crippen molar-refractivity contribution in [1.29, 1.82) is 0 Å². The van der Waals surface area contributed by atoms with E-state index in [2.05, 4.69) is 15.6 Å². The number of hydrogen-bond acceptors (Lipinski definition) is 4. The molecule has 2 aromatic heterocycles. The van der Waals surface area contributed by atoms with Crippen LogP contribution in [0.15, 0.2) is 41.1 Å². The zero-order valence-corrected chi connectivity index (χ0v) is 11.3. The lowest BCUT2D eigenvalue weighted by molar-refractivity contribution is 0.196. The van der Waals surface area contributed by atoms with Crippen LogP contribution in [0.1, 0.15) is 5.56 Å². The van der Waals surface area contributed by atoms with E-state index in [9.17, 15) is 4.79 Å². The number of nitrogens with zero attached hydrogens (tertiary/aromatic N) is 1. The number of ether oxygens (including phenoxy) is 1. The fraction of sp³-hybridized carbons (Fsp3) is 0.286. The number of amides is 2. The van der Waals surface area contributed by atoms with Gasteiger partial charge in [-0.1, -0.05) is 6.07 Å². The molecule has 0 aliphatic rings. The zero-order valence-electron chi connectivity index (χ0n) is 11.3. The summed E-state index contributed by atoms with van der Waals surface area (Å²) in [5.74, 6) is 0.683. The molecule has 2 N–H and O–H groups in total. The molecule has 106 valence electrons. The van der Waals surface area contributed by atoms with Gasteiger partial charge in [-0.05, 0) is 18.2 Å². The SMILES string of the molecule is COCCNC(=O)NCc1cccnc1-c1ccco1. The number of furan rings is 1. The van der Waals surface area contributed by atoms with Crippen LogP contribution in [0.2, 0.25) is 0 Å². The Kier molecular flexibility index (Phi) is 5.14. The summed E-state index contributed by atoms with van der Waals surface area (Å²) in [6, 6.07) is 7.13. The van der Waals surface area contributed by atoms with Gasteiger partial charge in [0.1, 0.15) is 5.69 Å². The van der Waals surface area contributed by atoms with Gasteiger partial charge in [0, 0.05) is 32.0 Å². The molecule has 6 heteroatoms. The second-order valence-corrected chi connectivity index (χ2v) is 4.09. The number of rotatable bonds is 6. The van der Waals surface area contributed by atoms with Gasteiger partial charge in [0.2, 0.25) is 0 Å². The number of carbonyl (C=O) groups is 1. The van der Waals surface area contributed by atoms with Gasteiger partial charge in [0.15, 0.2) is 5.76 Å². The third-order valence-corrected chi connectivity index (χ3v) is 2.68. The fourth-order valence-corrected chi connectivity index (χ4v) is 1.72. The van der Waals surface area contributed by atoms with Gasteiger partial charge < -0.3 is 19.8 Å². The Balaban J connectivity index is 1.95. The van der Waals surface area contributed by atoms with E-state index in [1.54, 1.807) is 25.6 Å². The van der Waals surface area contributed by atoms with Crippen molar-refractivity contribution in [2.24, 2.45) is 0 Å². The molecule has 0 atom stereocenters. The number of pyridine rings is 1. The lowest BCUT2D eigenvalue weighted by Crippen LogP contribution is -2.36. The van der Waals surface area contributed by atoms with E-state index in [0.717, 1.165) is 11.3 Å². The largest absolute Gasteiger partial charge is 0.463 e. The van der Waals surface area contributed by atoms with Crippen LogP contribution >= 0.6 is 0 Å². The van der Waals surface area contributed by atoms with Gasteiger partial charge in [-0.15, -0.1) is 0 Å². The van der Waals surface area contributed by atoms with E-state index >= 15 is 0 Å². The van der Waals surface area contributed by atoms with Gasteiger partial charge in [-0.2, -0.15) is 0 Å². The molecule has 2 amide bonds. The van der Waals surface area contributed by atoms with Crippen LogP contribution in [-0.4, -0.2) is 31.3 Å². The van der Waals surface area contributed by atoms with E-state index in [0.29, 0.717) is 25.5 Å². The Labute approximate surface area is 117 Å². The molecule has 0 radical (unpaired) electrons. The summed E-state index contributed by atoms with van der Waals surface area (Å²) >= 11 is 0. The highest BCUT2D eigenvalue weighted by atomic mass is 16.5. The van der Waals surface area contributed by atoms with Crippen LogP contribution in [0, 0.1) is 0 Å². The Morgan fingerprint density at radius 2 is 2.25 bits per heavy atom. The number of carbonyl (C=O) groups excluding carboxylic acids is 1. The molecule has 0 aromatic carbocycles. The van der Waals surface area contributed by atoms with Crippen molar-refractivity contribution in [2.45, 2.75) is 6.54 Å². The highest BCUT2D eigenvalue weighted by Gasteiger charge is 2.09. The standard InChI is InChI=1S/C14H17N3O3/c1-19-9-7-16-14(18)17-10-11-4-2-6-15-13(11)12-5-3-8-20-12/h2-6,8H,7,9-10H2,1H3,(H2,16,17,18). The maximum Gasteiger partial charge on any atom is 0.315 e. The maximum atomic E-state index is 11.6. The quantitative estimate of drug-likeness (QED) is 0.788. The number of urea groups is 1. The molecule has 0 aliphatic carbocycles. The van der Waals surface area contributed by atoms with Gasteiger partial charge in [-0.3, -0.25) is 4.98 Å². The minimum Gasteiger partial charge on any atom is -0.463 e. The van der Waals surface area contributed by atoms with Crippen molar-refractivity contribution in [3.63, 3.8) is 0 Å². The Hall–Kier alpha value is -2.34. The van der Waals surface area contributed by atoms with Gasteiger partial charge >= 0.3 is 6.03 Å². The first kappa shape index (κ1) is 14.1. The summed E-state index contributed by atoms with van der Waals surface area (Å²) in [6.45, 7) is 1.33. The van der Waals surface area contributed by atoms with E-state index < -0.39 is 0 Å². The maximum absolute atomic E-state index is 11.6. The van der Waals surface area contributed by atoms with Gasteiger partial charge in [0.05, 0.1) is 12.9 Å². The molecule has 6 nitrogen and oxygen atoms in total. The monoisotopic (exact) mass is 275 g/mol. The summed E-state index contributed by atoms with van der Waals surface area (Å²) in [4.78, 5) is 15.9. The van der Waals surface area contributed by atoms with Crippen LogP contribution in [0.5, 0.6) is 0 Å². The topological polar surface area (TPSA) is 76.4 Å². The van der Waals surface area contributed by atoms with E-state index in [1.165, 1.54) is 0 Å². The van der Waals surface area contributed by atoms with Crippen LogP contribution < -0.4 is 10.6 Å². The fourth-order valence-electron chi connectivity index (χ4n) is 1.72. The third kappa shape index (κ3) is 3.83. The van der Waals surface area contributed by atoms with Crippen molar-refractivity contribution >= 4 is 6.03 Å². The van der Waals surface area contributed by atoms with Crippen LogP contribution in [0.3, 0.4) is 0 Å². The first-order valence-electron chi connectivity index (χ1n) is 6.29. The minimum atomic E-state index is -0.240. The third-order valence-electron chi connectivity index (χ3n) is 2.68. The number of aromatic nitrogens is 1. The summed E-state index contributed by atoms with van der Waals surface area (Å²) in [5.41, 5.74) is 1.62. The molecule has 0 unspecified atom stereocenters. The second kappa shape index (κ2) is 7.30. The number of nitrogens with one attached hydrogen (secondary N) is 2. The minimum absolute atomic E-state index is 0.240. The van der Waals surface area contributed by atoms with Gasteiger partial charge in [-0.25, -0.2) is 4.79 Å². The summed E-state index contributed by atoms with van der Waals surface area (Å²) < 4.78 is 10.2. The van der Waals surface area contributed by atoms with Crippen molar-refractivity contribution in [3.8, 4) is 11.5 Å². The van der Waals surface area contributed by atoms with Crippen molar-refractivity contribution in [1.82, 2.24) is 15.6 Å². The molecule has 0 saturated heterocycles. The Morgan fingerprint density at radius 3 is 3.00 bits per heavy atom. The highest BCUT2D eigenvalue weighted by Crippen LogP contribution is 2.21. The van der Waals surface area contributed by atoms with E-state index in [-0.39, 0.29) is 6.03 Å². The molecule has 2 rings (SSSR count). The molecule has 2 aromatic rings. The van der Waals surface area contributed by atoms with Crippen molar-refractivity contribution in [2.75, 3.05) is 20.3 Å². The average molecular weight is 275 g/mol. The molecule has 20 heavy (non-hydrogen) atoms. The van der Waals surface area contributed by atoms with E-state index in [4.69, 9.17) is 9.15 Å². The van der Waals surface area contributed by atoms with Crippen LogP contribution in [0.4, 0.5) is 4.79 Å². The summed E-state index contributed by atoms with van der Waals surface area (Å²) in [7, 11) is 1.59. The Bertz CT molecular complexity index is 540. The Morgan fingerprint density at radius 1 is 1.35 bits per heavy atom. The lowest BCUT2D eigenvalue weighted by atomic mass is 10.1. The van der Waals surface area contributed by atoms with Crippen molar-refractivity contribution in [3.05, 3.63) is 42.3 Å². The molecule has 0 aliphatic heterocycles. The molecular formula is C14H17N3O3. The van der Waals surface area contributed by atoms with Crippen LogP contribution in [0.25, 0.3) is 11.5 Å². The molecule has 0 saturated carbocycles. The molecule has 0 fully saturated rings. The predicted octanol–water partition coefficient (Wildman–Crippen LogP) is 1.79. The lowest BCUT2D eigenvalue weighted by Gasteiger charge is -2.09. The molecular weight excluding hydrogens is 258 g/mol. The van der Waals surface area contributed by atoms with Crippen LogP contribution in [-0.2, 0) is 11.3 Å². The first-order valence-corrected chi connectivity index (χ1v) is 6.29. The number of methoxy groups -OCH3 is 1. The zero-order chi connectivity index (χ0) is 14.2. The smallest absolute Gasteiger partial charge is 0.315 e. The molecule has 0 bridgehead atoms. The predicted molar refractivity (Wildman–Crippen MR) is 74.1 cm³/mol. The average Bonchev–Trinajstić information content (AvgIpc) is 3.00. The molecule has 2 heterocycles. The van der Waals surface area contributed by atoms with Crippen molar-refractivity contribution < 1.29 is 13.9 Å². The highest BCUT2D eigenvalue weighted by molar-refractivity contribution is 5.74. The first-order chi connectivity index (χ1) is 9.81. The van der Waals surface area contributed by atoms with E-state index in [1.807, 2.05) is 18.2 Å².